The standard InChI is InChI=1S/C10H9ClN4O2/c1-5-4-8(17-15-5)14-10(16)9-6(11)2-3-7(12)13-9/h2-4H,1H3,(H2,12,13)(H,14,16). The summed E-state index contributed by atoms with van der Waals surface area (Å²) in [5.41, 5.74) is 6.18. The van der Waals surface area contributed by atoms with Gasteiger partial charge in [0.2, 0.25) is 5.88 Å². The summed E-state index contributed by atoms with van der Waals surface area (Å²) in [5.74, 6) is -0.0560. The number of aryl methyl sites for hydroxylation is 1. The third kappa shape index (κ3) is 2.54. The normalized spacial score (nSPS) is 10.2. The first-order valence-electron chi connectivity index (χ1n) is 4.73. The Balaban J connectivity index is 2.22. The van der Waals surface area contributed by atoms with Gasteiger partial charge in [0, 0.05) is 6.07 Å². The first-order chi connectivity index (χ1) is 8.06. The van der Waals surface area contributed by atoms with E-state index in [0.717, 1.165) is 0 Å². The lowest BCUT2D eigenvalue weighted by atomic mass is 10.3. The molecule has 0 saturated carbocycles. The van der Waals surface area contributed by atoms with Gasteiger partial charge in [-0.25, -0.2) is 4.98 Å². The second-order valence-corrected chi connectivity index (χ2v) is 3.76. The van der Waals surface area contributed by atoms with E-state index in [1.807, 2.05) is 0 Å². The van der Waals surface area contributed by atoms with Crippen LogP contribution in [0, 0.1) is 6.92 Å². The van der Waals surface area contributed by atoms with E-state index < -0.39 is 5.91 Å². The fraction of sp³-hybridized carbons (Fsp3) is 0.100. The molecule has 6 nitrogen and oxygen atoms in total. The van der Waals surface area contributed by atoms with E-state index in [1.165, 1.54) is 12.1 Å². The first kappa shape index (κ1) is 11.4. The maximum absolute atomic E-state index is 11.8. The van der Waals surface area contributed by atoms with Gasteiger partial charge in [0.05, 0.1) is 10.7 Å². The van der Waals surface area contributed by atoms with Crippen LogP contribution < -0.4 is 11.1 Å². The monoisotopic (exact) mass is 252 g/mol. The van der Waals surface area contributed by atoms with Crippen LogP contribution >= 0.6 is 11.6 Å². The number of aromatic nitrogens is 2. The Hall–Kier alpha value is -2.08. The molecular formula is C10H9ClN4O2. The van der Waals surface area contributed by atoms with Crippen LogP contribution in [0.25, 0.3) is 0 Å². The summed E-state index contributed by atoms with van der Waals surface area (Å²) in [5, 5.41) is 6.33. The van der Waals surface area contributed by atoms with E-state index in [0.29, 0.717) is 5.69 Å². The molecule has 0 fully saturated rings. The van der Waals surface area contributed by atoms with Crippen molar-refractivity contribution >= 4 is 29.2 Å². The van der Waals surface area contributed by atoms with E-state index in [9.17, 15) is 4.79 Å². The second kappa shape index (κ2) is 4.42. The van der Waals surface area contributed by atoms with Gasteiger partial charge in [-0.05, 0) is 19.1 Å². The Bertz CT molecular complexity index is 567. The molecule has 0 unspecified atom stereocenters. The number of nitrogens with one attached hydrogen (secondary N) is 1. The first-order valence-corrected chi connectivity index (χ1v) is 5.11. The number of nitrogens with zero attached hydrogens (tertiary/aromatic N) is 2. The van der Waals surface area contributed by atoms with Crippen LogP contribution in [0.15, 0.2) is 22.7 Å². The maximum atomic E-state index is 11.8. The number of hydrogen-bond acceptors (Lipinski definition) is 5. The number of halogens is 1. The zero-order valence-electron chi connectivity index (χ0n) is 8.90. The van der Waals surface area contributed by atoms with E-state index in [4.69, 9.17) is 21.9 Å². The number of nitrogens with two attached hydrogens (primary N) is 1. The minimum atomic E-state index is -0.501. The smallest absolute Gasteiger partial charge is 0.278 e. The van der Waals surface area contributed by atoms with Gasteiger partial charge in [0.15, 0.2) is 0 Å². The van der Waals surface area contributed by atoms with Crippen molar-refractivity contribution in [1.82, 2.24) is 10.1 Å². The molecule has 7 heteroatoms. The van der Waals surface area contributed by atoms with E-state index in [1.54, 1.807) is 13.0 Å². The van der Waals surface area contributed by atoms with Crippen LogP contribution in [0.3, 0.4) is 0 Å². The highest BCUT2D eigenvalue weighted by molar-refractivity contribution is 6.34. The molecule has 0 saturated heterocycles. The third-order valence-electron chi connectivity index (χ3n) is 1.95. The van der Waals surface area contributed by atoms with Gasteiger partial charge in [-0.2, -0.15) is 0 Å². The number of rotatable bonds is 2. The molecule has 2 heterocycles. The number of hydrogen-bond donors (Lipinski definition) is 2. The van der Waals surface area contributed by atoms with Gasteiger partial charge in [0.25, 0.3) is 5.91 Å². The number of carbonyl (C=O) groups is 1. The molecule has 3 N–H and O–H groups in total. The van der Waals surface area contributed by atoms with E-state index >= 15 is 0 Å². The fourth-order valence-corrected chi connectivity index (χ4v) is 1.40. The van der Waals surface area contributed by atoms with Crippen molar-refractivity contribution in [2.75, 3.05) is 11.1 Å². The summed E-state index contributed by atoms with van der Waals surface area (Å²) in [6.45, 7) is 1.74. The van der Waals surface area contributed by atoms with E-state index in [2.05, 4.69) is 15.5 Å². The van der Waals surface area contributed by atoms with Crippen LogP contribution in [0.2, 0.25) is 5.02 Å². The summed E-state index contributed by atoms with van der Waals surface area (Å²) in [7, 11) is 0. The molecule has 0 atom stereocenters. The predicted octanol–water partition coefficient (Wildman–Crippen LogP) is 1.87. The Kier molecular flexibility index (Phi) is 2.97. The largest absolute Gasteiger partial charge is 0.384 e. The fourth-order valence-electron chi connectivity index (χ4n) is 1.21. The molecule has 0 radical (unpaired) electrons. The Morgan fingerprint density at radius 1 is 1.53 bits per heavy atom. The van der Waals surface area contributed by atoms with Gasteiger partial charge >= 0.3 is 0 Å². The molecule has 0 spiro atoms. The number of amides is 1. The number of anilines is 2. The molecular weight excluding hydrogens is 244 g/mol. The van der Waals surface area contributed by atoms with Crippen molar-refractivity contribution in [3.05, 3.63) is 34.6 Å². The molecule has 88 valence electrons. The van der Waals surface area contributed by atoms with Gasteiger partial charge < -0.3 is 10.3 Å². The minimum absolute atomic E-state index is 0.0423. The highest BCUT2D eigenvalue weighted by atomic mass is 35.5. The molecule has 0 aliphatic heterocycles. The summed E-state index contributed by atoms with van der Waals surface area (Å²) >= 11 is 5.84. The molecule has 2 rings (SSSR count). The van der Waals surface area contributed by atoms with Gasteiger partial charge in [-0.3, -0.25) is 10.1 Å². The molecule has 0 bridgehead atoms. The SMILES string of the molecule is Cc1cc(NC(=O)c2nc(N)ccc2Cl)on1. The van der Waals surface area contributed by atoms with Crippen molar-refractivity contribution in [2.45, 2.75) is 6.92 Å². The molecule has 2 aromatic rings. The lowest BCUT2D eigenvalue weighted by Gasteiger charge is -2.03. The zero-order chi connectivity index (χ0) is 12.4. The summed E-state index contributed by atoms with van der Waals surface area (Å²) in [4.78, 5) is 15.6. The average Bonchev–Trinajstić information content (AvgIpc) is 2.67. The van der Waals surface area contributed by atoms with Crippen LogP contribution in [0.1, 0.15) is 16.2 Å². The molecule has 2 aromatic heterocycles. The van der Waals surface area contributed by atoms with Crippen LogP contribution in [0.5, 0.6) is 0 Å². The number of carbonyl (C=O) groups excluding carboxylic acids is 1. The van der Waals surface area contributed by atoms with Crippen molar-refractivity contribution in [1.29, 1.82) is 0 Å². The number of pyridine rings is 1. The predicted molar refractivity (Wildman–Crippen MR) is 62.9 cm³/mol. The maximum Gasteiger partial charge on any atom is 0.278 e. The highest BCUT2D eigenvalue weighted by Crippen LogP contribution is 2.17. The quantitative estimate of drug-likeness (QED) is 0.851. The average molecular weight is 253 g/mol. The summed E-state index contributed by atoms with van der Waals surface area (Å²) in [6.07, 6.45) is 0. The van der Waals surface area contributed by atoms with Gasteiger partial charge in [0.1, 0.15) is 11.5 Å². The van der Waals surface area contributed by atoms with E-state index in [-0.39, 0.29) is 22.4 Å². The lowest BCUT2D eigenvalue weighted by molar-refractivity contribution is 0.101. The van der Waals surface area contributed by atoms with Crippen molar-refractivity contribution in [3.63, 3.8) is 0 Å². The van der Waals surface area contributed by atoms with Gasteiger partial charge in [-0.1, -0.05) is 16.8 Å². The molecule has 0 aliphatic carbocycles. The van der Waals surface area contributed by atoms with Crippen LogP contribution in [-0.2, 0) is 0 Å². The Morgan fingerprint density at radius 2 is 2.29 bits per heavy atom. The minimum Gasteiger partial charge on any atom is -0.384 e. The van der Waals surface area contributed by atoms with Gasteiger partial charge in [-0.15, -0.1) is 0 Å². The molecule has 0 aliphatic rings. The van der Waals surface area contributed by atoms with Crippen molar-refractivity contribution in [3.8, 4) is 0 Å². The third-order valence-corrected chi connectivity index (χ3v) is 2.25. The van der Waals surface area contributed by atoms with Crippen molar-refractivity contribution < 1.29 is 9.32 Å². The molecule has 0 aromatic carbocycles. The molecule has 17 heavy (non-hydrogen) atoms. The summed E-state index contributed by atoms with van der Waals surface area (Å²) in [6, 6.07) is 4.60. The summed E-state index contributed by atoms with van der Waals surface area (Å²) < 4.78 is 4.84. The topological polar surface area (TPSA) is 94.0 Å². The Morgan fingerprint density at radius 3 is 2.94 bits per heavy atom. The zero-order valence-corrected chi connectivity index (χ0v) is 9.65. The lowest BCUT2D eigenvalue weighted by Crippen LogP contribution is -2.14. The highest BCUT2D eigenvalue weighted by Gasteiger charge is 2.14. The Labute approximate surface area is 102 Å². The molecule has 1 amide bonds. The van der Waals surface area contributed by atoms with Crippen molar-refractivity contribution in [2.24, 2.45) is 0 Å². The number of nitrogen functional groups attached to an aromatic ring is 1. The van der Waals surface area contributed by atoms with Crippen LogP contribution in [-0.4, -0.2) is 16.0 Å². The van der Waals surface area contributed by atoms with Crippen LogP contribution in [0.4, 0.5) is 11.7 Å². The second-order valence-electron chi connectivity index (χ2n) is 3.35.